The Hall–Kier alpha value is -3.17. The van der Waals surface area contributed by atoms with Gasteiger partial charge in [0.25, 0.3) is 0 Å². The number of carbonyl (C=O) groups excluding carboxylic acids is 3. The van der Waals surface area contributed by atoms with Gasteiger partial charge in [-0.05, 0) is 118 Å². The van der Waals surface area contributed by atoms with Gasteiger partial charge in [0, 0.05) is 82.5 Å². The monoisotopic (exact) mass is 674 g/mol. The molecule has 1 aromatic rings. The summed E-state index contributed by atoms with van der Waals surface area (Å²) in [5.74, 6) is 1.13. The van der Waals surface area contributed by atoms with Gasteiger partial charge < -0.3 is 25.0 Å². The molecule has 3 fully saturated rings. The van der Waals surface area contributed by atoms with Crippen LogP contribution in [0.5, 0.6) is 5.75 Å². The Labute approximate surface area is 293 Å². The summed E-state index contributed by atoms with van der Waals surface area (Å²) in [5.41, 5.74) is 4.96. The summed E-state index contributed by atoms with van der Waals surface area (Å²) in [6.45, 7) is 11.5. The van der Waals surface area contributed by atoms with Gasteiger partial charge in [0.05, 0.1) is 0 Å². The molecule has 49 heavy (non-hydrogen) atoms. The molecule has 3 amide bonds. The fourth-order valence-corrected chi connectivity index (χ4v) is 9.00. The predicted molar refractivity (Wildman–Crippen MR) is 191 cm³/mol. The molecule has 3 aliphatic heterocycles. The minimum Gasteiger partial charge on any atom is -0.507 e. The number of phenolic OH excluding ortho intramolecular Hbond substituents is 1. The van der Waals surface area contributed by atoms with E-state index >= 15 is 0 Å². The van der Waals surface area contributed by atoms with E-state index in [1.807, 2.05) is 30.9 Å². The Kier molecular flexibility index (Phi) is 11.8. The van der Waals surface area contributed by atoms with E-state index in [0.29, 0.717) is 49.6 Å². The topological polar surface area (TPSA) is 102 Å². The third-order valence-corrected chi connectivity index (χ3v) is 12.0. The van der Waals surface area contributed by atoms with Crippen LogP contribution >= 0.6 is 0 Å². The minimum atomic E-state index is -0.403. The molecule has 9 nitrogen and oxygen atoms in total. The standard InChI is InChI=1S/C40H58N4O5/c1-27-4-11-37-32(22-27)12-15-44(40(48)41-37)35-8-5-30(6-9-35)7-10-36(45)26-33(25-31-23-28(2)38(46)29(3)24-31)39(47)43-18-16-42(17-19-43)34-13-20-49-21-14-34/h4,11,23-24,27,30,33-35,46H,5-10,12-22,25-26H2,1-3H3,(H,41,48)/t27?,30?,33-,35?/m0/s1. The van der Waals surface area contributed by atoms with E-state index in [9.17, 15) is 19.5 Å². The molecule has 2 aliphatic carbocycles. The Bertz CT molecular complexity index is 1390. The maximum absolute atomic E-state index is 14.0. The highest BCUT2D eigenvalue weighted by atomic mass is 16.5. The zero-order valence-electron chi connectivity index (χ0n) is 30.1. The maximum atomic E-state index is 14.0. The van der Waals surface area contributed by atoms with Crippen molar-refractivity contribution in [2.75, 3.05) is 45.9 Å². The lowest BCUT2D eigenvalue weighted by Gasteiger charge is -2.41. The van der Waals surface area contributed by atoms with E-state index in [1.165, 1.54) is 5.57 Å². The molecule has 1 unspecified atom stereocenters. The van der Waals surface area contributed by atoms with Crippen molar-refractivity contribution in [1.29, 1.82) is 0 Å². The second-order valence-corrected chi connectivity index (χ2v) is 15.6. The normalized spacial score (nSPS) is 26.3. The van der Waals surface area contributed by atoms with Crippen molar-refractivity contribution in [3.05, 3.63) is 52.2 Å². The Morgan fingerprint density at radius 3 is 2.35 bits per heavy atom. The van der Waals surface area contributed by atoms with Crippen molar-refractivity contribution in [2.45, 2.75) is 110 Å². The van der Waals surface area contributed by atoms with E-state index in [-0.39, 0.29) is 30.2 Å². The Balaban J connectivity index is 1.01. The number of benzene rings is 1. The number of aryl methyl sites for hydroxylation is 2. The number of hydrogen-bond acceptors (Lipinski definition) is 6. The smallest absolute Gasteiger partial charge is 0.322 e. The number of carbonyl (C=O) groups is 3. The summed E-state index contributed by atoms with van der Waals surface area (Å²) < 4.78 is 5.55. The van der Waals surface area contributed by atoms with Gasteiger partial charge in [0.15, 0.2) is 0 Å². The fraction of sp³-hybridized carbons (Fsp3) is 0.675. The molecule has 5 aliphatic rings. The number of allylic oxidation sites excluding steroid dienone is 2. The second kappa shape index (κ2) is 16.2. The van der Waals surface area contributed by atoms with Gasteiger partial charge in [0.1, 0.15) is 11.5 Å². The minimum absolute atomic E-state index is 0.0301. The van der Waals surface area contributed by atoms with Crippen LogP contribution in [0.2, 0.25) is 0 Å². The molecule has 9 heteroatoms. The van der Waals surface area contributed by atoms with Gasteiger partial charge >= 0.3 is 6.03 Å². The molecule has 2 N–H and O–H groups in total. The quantitative estimate of drug-likeness (QED) is 0.313. The van der Waals surface area contributed by atoms with Crippen molar-refractivity contribution in [3.8, 4) is 5.75 Å². The fourth-order valence-electron chi connectivity index (χ4n) is 9.00. The summed E-state index contributed by atoms with van der Waals surface area (Å²) in [4.78, 5) is 47.3. The summed E-state index contributed by atoms with van der Waals surface area (Å²) in [6.07, 6.45) is 14.4. The van der Waals surface area contributed by atoms with Crippen LogP contribution in [0.4, 0.5) is 4.79 Å². The van der Waals surface area contributed by atoms with Crippen molar-refractivity contribution in [3.63, 3.8) is 0 Å². The number of phenols is 1. The number of nitrogens with zero attached hydrogens (tertiary/aromatic N) is 3. The number of nitrogens with one attached hydrogen (secondary N) is 1. The van der Waals surface area contributed by atoms with E-state index in [2.05, 4.69) is 34.2 Å². The molecule has 0 aromatic heterocycles. The van der Waals surface area contributed by atoms with Gasteiger partial charge in [-0.1, -0.05) is 25.1 Å². The van der Waals surface area contributed by atoms with E-state index in [1.54, 1.807) is 0 Å². The summed E-state index contributed by atoms with van der Waals surface area (Å²) in [6, 6.07) is 4.73. The van der Waals surface area contributed by atoms with Crippen LogP contribution in [0.15, 0.2) is 35.6 Å². The molecule has 2 saturated heterocycles. The van der Waals surface area contributed by atoms with E-state index in [0.717, 1.165) is 113 Å². The lowest BCUT2D eigenvalue weighted by molar-refractivity contribution is -0.140. The van der Waals surface area contributed by atoms with Gasteiger partial charge in [0.2, 0.25) is 5.91 Å². The average molecular weight is 675 g/mol. The maximum Gasteiger partial charge on any atom is 0.322 e. The number of Topliss-reactive ketones (excluding diaryl/α,β-unsaturated/α-hetero) is 1. The largest absolute Gasteiger partial charge is 0.507 e. The van der Waals surface area contributed by atoms with E-state index in [4.69, 9.17) is 4.74 Å². The summed E-state index contributed by atoms with van der Waals surface area (Å²) >= 11 is 0. The zero-order chi connectivity index (χ0) is 34.5. The first-order valence-corrected chi connectivity index (χ1v) is 19.0. The van der Waals surface area contributed by atoms with Crippen molar-refractivity contribution >= 4 is 17.7 Å². The first-order valence-electron chi connectivity index (χ1n) is 19.0. The molecule has 0 radical (unpaired) electrons. The molecule has 3 heterocycles. The van der Waals surface area contributed by atoms with Gasteiger partial charge in [-0.2, -0.15) is 0 Å². The molecular formula is C40H58N4O5. The molecule has 0 bridgehead atoms. The van der Waals surface area contributed by atoms with Crippen LogP contribution < -0.4 is 5.32 Å². The molecule has 2 atom stereocenters. The molecule has 268 valence electrons. The van der Waals surface area contributed by atoms with Crippen molar-refractivity contribution in [1.82, 2.24) is 20.0 Å². The summed E-state index contributed by atoms with van der Waals surface area (Å²) in [7, 11) is 0. The number of amides is 3. The van der Waals surface area contributed by atoms with Crippen molar-refractivity contribution < 1.29 is 24.2 Å². The molecule has 0 spiro atoms. The number of ketones is 1. The average Bonchev–Trinajstić information content (AvgIpc) is 3.27. The first-order chi connectivity index (χ1) is 23.6. The van der Waals surface area contributed by atoms with Crippen LogP contribution in [0.3, 0.4) is 0 Å². The lowest BCUT2D eigenvalue weighted by atomic mass is 9.81. The van der Waals surface area contributed by atoms with Gasteiger partial charge in [-0.15, -0.1) is 0 Å². The Morgan fingerprint density at radius 2 is 1.65 bits per heavy atom. The number of aromatic hydroxyl groups is 1. The van der Waals surface area contributed by atoms with Crippen LogP contribution in [0, 0.1) is 31.6 Å². The SMILES string of the molecule is Cc1cc(C[C@@H](CC(=O)CCC2CCC(N3CCC4=C(C=CC(C)C4)NC3=O)CC2)C(=O)N2CCN(C3CCOCC3)CC2)cc(C)c1O. The number of piperazine rings is 1. The highest BCUT2D eigenvalue weighted by molar-refractivity contribution is 5.87. The third-order valence-electron chi connectivity index (χ3n) is 12.0. The number of rotatable bonds is 10. The van der Waals surface area contributed by atoms with Crippen molar-refractivity contribution in [2.24, 2.45) is 17.8 Å². The second-order valence-electron chi connectivity index (χ2n) is 15.6. The number of hydrogen-bond donors (Lipinski definition) is 2. The zero-order valence-corrected chi connectivity index (χ0v) is 30.1. The molecule has 6 rings (SSSR count). The van der Waals surface area contributed by atoms with Gasteiger partial charge in [-0.3, -0.25) is 14.5 Å². The third kappa shape index (κ3) is 8.95. The van der Waals surface area contributed by atoms with Crippen LogP contribution in [-0.2, 0) is 20.7 Å². The van der Waals surface area contributed by atoms with Crippen LogP contribution in [0.1, 0.15) is 94.2 Å². The number of ether oxygens (including phenoxy) is 1. The lowest BCUT2D eigenvalue weighted by Crippen LogP contribution is -2.54. The molecular weight excluding hydrogens is 616 g/mol. The van der Waals surface area contributed by atoms with Crippen LogP contribution in [-0.4, -0.2) is 95.5 Å². The van der Waals surface area contributed by atoms with Gasteiger partial charge in [-0.25, -0.2) is 4.79 Å². The molecule has 1 saturated carbocycles. The predicted octanol–water partition coefficient (Wildman–Crippen LogP) is 6.05. The highest BCUT2D eigenvalue weighted by Crippen LogP contribution is 2.34. The number of urea groups is 1. The Morgan fingerprint density at radius 1 is 0.959 bits per heavy atom. The highest BCUT2D eigenvalue weighted by Gasteiger charge is 2.34. The van der Waals surface area contributed by atoms with Crippen LogP contribution in [0.25, 0.3) is 0 Å². The first kappa shape index (κ1) is 35.6. The van der Waals surface area contributed by atoms with E-state index < -0.39 is 5.92 Å². The molecule has 1 aromatic carbocycles. The summed E-state index contributed by atoms with van der Waals surface area (Å²) in [5, 5.41) is 13.5.